The molecule has 1 aliphatic heterocycles. The molecule has 1 unspecified atom stereocenters. The molecule has 16 heavy (non-hydrogen) atoms. The lowest BCUT2D eigenvalue weighted by molar-refractivity contribution is -0.156. The number of carbonyl (C=O) groups is 2. The number of thioether (sulfide) groups is 1. The van der Waals surface area contributed by atoms with Gasteiger partial charge in [0, 0.05) is 5.75 Å². The van der Waals surface area contributed by atoms with Crippen LogP contribution in [0, 0.1) is 5.41 Å². The zero-order valence-electron chi connectivity index (χ0n) is 10.4. The Morgan fingerprint density at radius 3 is 2.50 bits per heavy atom. The van der Waals surface area contributed by atoms with E-state index in [1.165, 1.54) is 7.11 Å². The number of methoxy groups -OCH3 is 1. The summed E-state index contributed by atoms with van der Waals surface area (Å²) in [6.07, 6.45) is 0.757. The highest BCUT2D eigenvalue weighted by molar-refractivity contribution is 8.00. The Morgan fingerprint density at radius 1 is 1.56 bits per heavy atom. The van der Waals surface area contributed by atoms with Gasteiger partial charge in [-0.05, 0) is 12.3 Å². The van der Waals surface area contributed by atoms with E-state index < -0.39 is 5.54 Å². The van der Waals surface area contributed by atoms with Gasteiger partial charge in [0.1, 0.15) is 5.54 Å². The van der Waals surface area contributed by atoms with E-state index in [-0.39, 0.29) is 16.8 Å². The van der Waals surface area contributed by atoms with Crippen LogP contribution in [0.1, 0.15) is 27.7 Å². The van der Waals surface area contributed by atoms with E-state index in [0.29, 0.717) is 5.75 Å². The van der Waals surface area contributed by atoms with Crippen LogP contribution in [-0.2, 0) is 14.3 Å². The fraction of sp³-hybridized carbons (Fsp3) is 0.818. The van der Waals surface area contributed by atoms with Gasteiger partial charge in [0.15, 0.2) is 0 Å². The zero-order chi connectivity index (χ0) is 12.6. The van der Waals surface area contributed by atoms with E-state index in [9.17, 15) is 9.59 Å². The molecule has 0 aromatic heterocycles. The molecule has 1 aliphatic rings. The smallest absolute Gasteiger partial charge is 0.332 e. The molecular formula is C11H19NO3S. The van der Waals surface area contributed by atoms with Crippen molar-refractivity contribution < 1.29 is 14.3 Å². The van der Waals surface area contributed by atoms with Crippen LogP contribution in [0.2, 0.25) is 0 Å². The van der Waals surface area contributed by atoms with Crippen molar-refractivity contribution in [1.82, 2.24) is 4.90 Å². The Morgan fingerprint density at radius 2 is 2.12 bits per heavy atom. The van der Waals surface area contributed by atoms with Gasteiger partial charge in [0.2, 0.25) is 6.41 Å². The van der Waals surface area contributed by atoms with Crippen LogP contribution in [-0.4, -0.2) is 41.1 Å². The Kier molecular flexibility index (Phi) is 3.57. The third-order valence-electron chi connectivity index (χ3n) is 2.82. The molecule has 0 saturated carbocycles. The summed E-state index contributed by atoms with van der Waals surface area (Å²) < 4.78 is 4.78. The number of hydrogen-bond acceptors (Lipinski definition) is 4. The first-order valence-corrected chi connectivity index (χ1v) is 6.26. The minimum absolute atomic E-state index is 0.00843. The summed E-state index contributed by atoms with van der Waals surface area (Å²) in [6.45, 7) is 7.94. The molecule has 1 heterocycles. The second kappa shape index (κ2) is 4.28. The van der Waals surface area contributed by atoms with Crippen LogP contribution in [0.25, 0.3) is 0 Å². The number of amides is 1. The highest BCUT2D eigenvalue weighted by Gasteiger charge is 2.52. The van der Waals surface area contributed by atoms with E-state index in [1.54, 1.807) is 23.6 Å². The van der Waals surface area contributed by atoms with Crippen LogP contribution in [0.3, 0.4) is 0 Å². The van der Waals surface area contributed by atoms with Crippen LogP contribution in [0.15, 0.2) is 0 Å². The number of ether oxygens (including phenoxy) is 1. The monoisotopic (exact) mass is 245 g/mol. The zero-order valence-corrected chi connectivity index (χ0v) is 11.3. The van der Waals surface area contributed by atoms with E-state index in [4.69, 9.17) is 4.74 Å². The number of esters is 1. The van der Waals surface area contributed by atoms with Gasteiger partial charge in [-0.2, -0.15) is 0 Å². The molecule has 0 aromatic rings. The number of hydrogen-bond donors (Lipinski definition) is 0. The number of rotatable bonds is 2. The SMILES string of the molecule is COC(=O)[C@@]1(C)CSC(C(C)(C)C)N1C=O. The van der Waals surface area contributed by atoms with Crippen molar-refractivity contribution in [2.45, 2.75) is 38.6 Å². The lowest BCUT2D eigenvalue weighted by atomic mass is 9.92. The van der Waals surface area contributed by atoms with Crippen molar-refractivity contribution in [3.8, 4) is 0 Å². The van der Waals surface area contributed by atoms with E-state index in [0.717, 1.165) is 6.41 Å². The largest absolute Gasteiger partial charge is 0.467 e. The molecule has 92 valence electrons. The molecule has 1 fully saturated rings. The van der Waals surface area contributed by atoms with Crippen LogP contribution in [0.4, 0.5) is 0 Å². The van der Waals surface area contributed by atoms with Crippen LogP contribution >= 0.6 is 11.8 Å². The summed E-state index contributed by atoms with van der Waals surface area (Å²) >= 11 is 1.63. The molecule has 4 nitrogen and oxygen atoms in total. The van der Waals surface area contributed by atoms with Gasteiger partial charge >= 0.3 is 5.97 Å². The summed E-state index contributed by atoms with van der Waals surface area (Å²) in [5, 5.41) is 0.00843. The molecule has 1 rings (SSSR count). The minimum Gasteiger partial charge on any atom is -0.467 e. The van der Waals surface area contributed by atoms with E-state index in [2.05, 4.69) is 20.8 Å². The molecule has 0 aliphatic carbocycles. The van der Waals surface area contributed by atoms with Crippen molar-refractivity contribution in [3.05, 3.63) is 0 Å². The van der Waals surface area contributed by atoms with Gasteiger partial charge in [-0.3, -0.25) is 4.79 Å². The Hall–Kier alpha value is -0.710. The number of carbonyl (C=O) groups excluding carboxylic acids is 2. The van der Waals surface area contributed by atoms with Gasteiger partial charge in [0.05, 0.1) is 12.5 Å². The highest BCUT2D eigenvalue weighted by Crippen LogP contribution is 2.44. The van der Waals surface area contributed by atoms with Crippen molar-refractivity contribution in [1.29, 1.82) is 0 Å². The quantitative estimate of drug-likeness (QED) is 0.546. The summed E-state index contributed by atoms with van der Waals surface area (Å²) in [6, 6.07) is 0. The maximum atomic E-state index is 11.7. The normalized spacial score (nSPS) is 30.3. The van der Waals surface area contributed by atoms with Gasteiger partial charge in [-0.15, -0.1) is 11.8 Å². The highest BCUT2D eigenvalue weighted by atomic mass is 32.2. The molecule has 0 N–H and O–H groups in total. The molecule has 1 saturated heterocycles. The first kappa shape index (κ1) is 13.4. The van der Waals surface area contributed by atoms with Gasteiger partial charge < -0.3 is 9.64 Å². The van der Waals surface area contributed by atoms with Crippen LogP contribution < -0.4 is 0 Å². The van der Waals surface area contributed by atoms with Crippen molar-refractivity contribution in [2.75, 3.05) is 12.9 Å². The molecule has 2 atom stereocenters. The first-order valence-electron chi connectivity index (χ1n) is 5.21. The van der Waals surface area contributed by atoms with Gasteiger partial charge in [-0.25, -0.2) is 4.79 Å². The summed E-state index contributed by atoms with van der Waals surface area (Å²) in [7, 11) is 1.35. The standard InChI is InChI=1S/C11H19NO3S/c1-10(2,3)8-12(7-13)11(4,6-16-8)9(14)15-5/h7-8H,6H2,1-5H3/t8?,11-/m1/s1. The van der Waals surface area contributed by atoms with Crippen molar-refractivity contribution >= 4 is 24.1 Å². The summed E-state index contributed by atoms with van der Waals surface area (Å²) in [5.74, 6) is 0.235. The van der Waals surface area contributed by atoms with Gasteiger partial charge in [-0.1, -0.05) is 20.8 Å². The Labute approximate surface area is 101 Å². The Balaban J connectivity index is 3.02. The van der Waals surface area contributed by atoms with E-state index in [1.807, 2.05) is 0 Å². The minimum atomic E-state index is -0.834. The predicted octanol–water partition coefficient (Wildman–Crippen LogP) is 1.50. The summed E-state index contributed by atoms with van der Waals surface area (Å²) in [5.41, 5.74) is -0.892. The van der Waals surface area contributed by atoms with Crippen molar-refractivity contribution in [3.63, 3.8) is 0 Å². The summed E-state index contributed by atoms with van der Waals surface area (Å²) in [4.78, 5) is 24.5. The fourth-order valence-corrected chi connectivity index (χ4v) is 3.57. The van der Waals surface area contributed by atoms with Gasteiger partial charge in [0.25, 0.3) is 0 Å². The third-order valence-corrected chi connectivity index (χ3v) is 4.80. The average molecular weight is 245 g/mol. The molecule has 5 heteroatoms. The lowest BCUT2D eigenvalue weighted by Gasteiger charge is -2.37. The maximum absolute atomic E-state index is 11.7. The van der Waals surface area contributed by atoms with Crippen LogP contribution in [0.5, 0.6) is 0 Å². The second-order valence-electron chi connectivity index (χ2n) is 5.31. The molecule has 0 bridgehead atoms. The molecule has 0 radical (unpaired) electrons. The maximum Gasteiger partial charge on any atom is 0.332 e. The first-order chi connectivity index (χ1) is 7.27. The average Bonchev–Trinajstić information content (AvgIpc) is 2.54. The molecule has 0 spiro atoms. The lowest BCUT2D eigenvalue weighted by Crippen LogP contribution is -2.54. The van der Waals surface area contributed by atoms with Crippen molar-refractivity contribution in [2.24, 2.45) is 5.41 Å². The second-order valence-corrected chi connectivity index (χ2v) is 6.38. The molecule has 0 aromatic carbocycles. The molecule has 1 amide bonds. The molecular weight excluding hydrogens is 226 g/mol. The Bertz CT molecular complexity index is 300. The third kappa shape index (κ3) is 2.05. The van der Waals surface area contributed by atoms with E-state index >= 15 is 0 Å². The number of nitrogens with zero attached hydrogens (tertiary/aromatic N) is 1. The topological polar surface area (TPSA) is 46.6 Å². The predicted molar refractivity (Wildman–Crippen MR) is 64.0 cm³/mol. The fourth-order valence-electron chi connectivity index (χ4n) is 1.88.